The molecule has 0 aliphatic rings. The first-order valence-electron chi connectivity index (χ1n) is 5.61. The molecule has 20 heavy (non-hydrogen) atoms. The third kappa shape index (κ3) is 4.79. The van der Waals surface area contributed by atoms with E-state index in [1.165, 1.54) is 19.2 Å². The Morgan fingerprint density at radius 3 is 2.45 bits per heavy atom. The fourth-order valence-electron chi connectivity index (χ4n) is 1.29. The molecule has 0 unspecified atom stereocenters. The lowest BCUT2D eigenvalue weighted by Gasteiger charge is -2.13. The van der Waals surface area contributed by atoms with E-state index in [9.17, 15) is 22.8 Å². The number of carbonyl (C=O) groups is 2. The molecule has 0 saturated carbocycles. The van der Waals surface area contributed by atoms with Crippen LogP contribution in [0, 0.1) is 0 Å². The normalized spacial score (nSPS) is 10.8. The molecule has 0 heterocycles. The lowest BCUT2D eigenvalue weighted by molar-refractivity contribution is -0.139. The van der Waals surface area contributed by atoms with Crippen LogP contribution in [0.5, 0.6) is 5.75 Å². The zero-order chi connectivity index (χ0) is 15.2. The van der Waals surface area contributed by atoms with Crippen LogP contribution >= 0.6 is 0 Å². The number of halogens is 3. The standard InChI is InChI=1S/C12H13F3N2O3/c1-16-10(18)6-17-11(19)7-20-9-5-3-2-4-8(9)12(13,14)15/h2-5H,6-7H2,1H3,(H,16,18)(H,17,19). The Balaban J connectivity index is 2.58. The summed E-state index contributed by atoms with van der Waals surface area (Å²) < 4.78 is 42.7. The Kier molecular flexibility index (Phi) is 5.36. The van der Waals surface area contributed by atoms with Gasteiger partial charge in [-0.2, -0.15) is 13.2 Å². The summed E-state index contributed by atoms with van der Waals surface area (Å²) in [7, 11) is 1.39. The minimum Gasteiger partial charge on any atom is -0.483 e. The van der Waals surface area contributed by atoms with Crippen molar-refractivity contribution >= 4 is 11.8 Å². The number of benzene rings is 1. The van der Waals surface area contributed by atoms with E-state index in [-0.39, 0.29) is 6.54 Å². The maximum Gasteiger partial charge on any atom is 0.419 e. The highest BCUT2D eigenvalue weighted by molar-refractivity contribution is 5.85. The summed E-state index contributed by atoms with van der Waals surface area (Å²) in [5.41, 5.74) is -0.959. The molecule has 0 atom stereocenters. The zero-order valence-electron chi connectivity index (χ0n) is 10.6. The number of para-hydroxylation sites is 1. The lowest BCUT2D eigenvalue weighted by atomic mass is 10.2. The van der Waals surface area contributed by atoms with Crippen LogP contribution in [-0.2, 0) is 15.8 Å². The summed E-state index contributed by atoms with van der Waals surface area (Å²) in [4.78, 5) is 22.2. The smallest absolute Gasteiger partial charge is 0.419 e. The second-order valence-electron chi connectivity index (χ2n) is 3.73. The SMILES string of the molecule is CNC(=O)CNC(=O)COc1ccccc1C(F)(F)F. The van der Waals surface area contributed by atoms with Gasteiger partial charge in [-0.3, -0.25) is 9.59 Å². The van der Waals surface area contributed by atoms with Crippen molar-refractivity contribution in [1.29, 1.82) is 0 Å². The van der Waals surface area contributed by atoms with Crippen molar-refractivity contribution < 1.29 is 27.5 Å². The van der Waals surface area contributed by atoms with Crippen LogP contribution in [0.15, 0.2) is 24.3 Å². The van der Waals surface area contributed by atoms with Crippen LogP contribution in [0.1, 0.15) is 5.56 Å². The number of rotatable bonds is 5. The van der Waals surface area contributed by atoms with E-state index in [2.05, 4.69) is 10.6 Å². The van der Waals surface area contributed by atoms with Gasteiger partial charge >= 0.3 is 6.18 Å². The molecule has 8 heteroatoms. The van der Waals surface area contributed by atoms with Gasteiger partial charge in [0.25, 0.3) is 5.91 Å². The molecule has 0 spiro atoms. The number of carbonyl (C=O) groups excluding carboxylic acids is 2. The maximum atomic E-state index is 12.6. The molecule has 0 saturated heterocycles. The van der Waals surface area contributed by atoms with Crippen molar-refractivity contribution in [1.82, 2.24) is 10.6 Å². The van der Waals surface area contributed by atoms with Crippen LogP contribution in [0.2, 0.25) is 0 Å². The number of ether oxygens (including phenoxy) is 1. The third-order valence-electron chi connectivity index (χ3n) is 2.28. The first kappa shape index (κ1) is 15.8. The minimum atomic E-state index is -4.56. The fraction of sp³-hybridized carbons (Fsp3) is 0.333. The molecule has 1 aromatic rings. The van der Waals surface area contributed by atoms with Gasteiger partial charge < -0.3 is 15.4 Å². The van der Waals surface area contributed by atoms with Gasteiger partial charge in [0.1, 0.15) is 5.75 Å². The summed E-state index contributed by atoms with van der Waals surface area (Å²) in [5.74, 6) is -1.55. The number of nitrogens with one attached hydrogen (secondary N) is 2. The highest BCUT2D eigenvalue weighted by Gasteiger charge is 2.34. The van der Waals surface area contributed by atoms with Gasteiger partial charge in [0, 0.05) is 7.05 Å². The van der Waals surface area contributed by atoms with E-state index < -0.39 is 35.9 Å². The Morgan fingerprint density at radius 2 is 1.85 bits per heavy atom. The van der Waals surface area contributed by atoms with Crippen LogP contribution < -0.4 is 15.4 Å². The molecule has 1 aromatic carbocycles. The average Bonchev–Trinajstić information content (AvgIpc) is 2.41. The predicted molar refractivity (Wildman–Crippen MR) is 64.0 cm³/mol. The van der Waals surface area contributed by atoms with Crippen LogP contribution in [0.4, 0.5) is 13.2 Å². The third-order valence-corrected chi connectivity index (χ3v) is 2.28. The predicted octanol–water partition coefficient (Wildman–Crippen LogP) is 0.946. The van der Waals surface area contributed by atoms with Crippen molar-refractivity contribution in [2.24, 2.45) is 0 Å². The Hall–Kier alpha value is -2.25. The summed E-state index contributed by atoms with van der Waals surface area (Å²) in [6.45, 7) is -0.871. The molecule has 0 radical (unpaired) electrons. The summed E-state index contributed by atoms with van der Waals surface area (Å²) in [6, 6.07) is 4.57. The molecule has 2 N–H and O–H groups in total. The first-order valence-corrected chi connectivity index (χ1v) is 5.61. The Morgan fingerprint density at radius 1 is 1.20 bits per heavy atom. The quantitative estimate of drug-likeness (QED) is 0.848. The molecule has 0 bridgehead atoms. The monoisotopic (exact) mass is 290 g/mol. The molecule has 0 fully saturated rings. The number of amides is 2. The molecule has 0 aliphatic carbocycles. The molecule has 1 rings (SSSR count). The summed E-state index contributed by atoms with van der Waals surface area (Å²) in [6.07, 6.45) is -4.56. The fourth-order valence-corrected chi connectivity index (χ4v) is 1.29. The van der Waals surface area contributed by atoms with Gasteiger partial charge in [-0.25, -0.2) is 0 Å². The molecule has 0 aliphatic heterocycles. The average molecular weight is 290 g/mol. The van der Waals surface area contributed by atoms with Crippen LogP contribution in [0.25, 0.3) is 0 Å². The largest absolute Gasteiger partial charge is 0.483 e. The number of hydrogen-bond acceptors (Lipinski definition) is 3. The van der Waals surface area contributed by atoms with E-state index in [1.807, 2.05) is 0 Å². The first-order chi connectivity index (χ1) is 9.34. The van der Waals surface area contributed by atoms with E-state index in [1.54, 1.807) is 0 Å². The summed E-state index contributed by atoms with van der Waals surface area (Å²) in [5, 5.41) is 4.48. The van der Waals surface area contributed by atoms with Gasteiger partial charge in [-0.05, 0) is 12.1 Å². The second kappa shape index (κ2) is 6.78. The van der Waals surface area contributed by atoms with Crippen molar-refractivity contribution in [2.75, 3.05) is 20.2 Å². The highest BCUT2D eigenvalue weighted by Crippen LogP contribution is 2.35. The van der Waals surface area contributed by atoms with Crippen molar-refractivity contribution in [3.8, 4) is 5.75 Å². The minimum absolute atomic E-state index is 0.264. The molecule has 0 aromatic heterocycles. The number of alkyl halides is 3. The van der Waals surface area contributed by atoms with Crippen molar-refractivity contribution in [2.45, 2.75) is 6.18 Å². The van der Waals surface area contributed by atoms with Crippen LogP contribution in [-0.4, -0.2) is 32.0 Å². The molecule has 2 amide bonds. The van der Waals surface area contributed by atoms with E-state index in [4.69, 9.17) is 4.74 Å². The van der Waals surface area contributed by atoms with E-state index >= 15 is 0 Å². The molecule has 5 nitrogen and oxygen atoms in total. The van der Waals surface area contributed by atoms with Crippen molar-refractivity contribution in [3.05, 3.63) is 29.8 Å². The maximum absolute atomic E-state index is 12.6. The Labute approximate surface area is 113 Å². The van der Waals surface area contributed by atoms with Crippen molar-refractivity contribution in [3.63, 3.8) is 0 Å². The Bertz CT molecular complexity index is 489. The van der Waals surface area contributed by atoms with Crippen LogP contribution in [0.3, 0.4) is 0 Å². The van der Waals surface area contributed by atoms with E-state index in [0.717, 1.165) is 12.1 Å². The lowest BCUT2D eigenvalue weighted by Crippen LogP contribution is -2.37. The van der Waals surface area contributed by atoms with Gasteiger partial charge in [0.2, 0.25) is 5.91 Å². The van der Waals surface area contributed by atoms with Gasteiger partial charge in [-0.1, -0.05) is 12.1 Å². The molecule has 110 valence electrons. The second-order valence-corrected chi connectivity index (χ2v) is 3.73. The number of likely N-dealkylation sites (N-methyl/N-ethyl adjacent to an activating group) is 1. The topological polar surface area (TPSA) is 67.4 Å². The number of hydrogen-bond donors (Lipinski definition) is 2. The highest BCUT2D eigenvalue weighted by atomic mass is 19.4. The van der Waals surface area contributed by atoms with E-state index in [0.29, 0.717) is 0 Å². The zero-order valence-corrected chi connectivity index (χ0v) is 10.6. The summed E-state index contributed by atoms with van der Waals surface area (Å²) >= 11 is 0. The van der Waals surface area contributed by atoms with Gasteiger partial charge in [0.05, 0.1) is 12.1 Å². The molecular formula is C12H13F3N2O3. The van der Waals surface area contributed by atoms with Gasteiger partial charge in [0.15, 0.2) is 6.61 Å². The van der Waals surface area contributed by atoms with Gasteiger partial charge in [-0.15, -0.1) is 0 Å². The molecular weight excluding hydrogens is 277 g/mol.